The molecule has 0 saturated heterocycles. The number of nitrogens with one attached hydrogen (secondary N) is 1. The molecule has 4 rings (SSSR count). The van der Waals surface area contributed by atoms with Gasteiger partial charge in [-0.3, -0.25) is 4.79 Å². The van der Waals surface area contributed by atoms with E-state index in [4.69, 9.17) is 9.47 Å². The largest absolute Gasteiger partial charge is 0.454 e. The first-order chi connectivity index (χ1) is 12.3. The molecule has 5 heteroatoms. The third kappa shape index (κ3) is 3.51. The lowest BCUT2D eigenvalue weighted by atomic mass is 10.1. The molecule has 0 atom stereocenters. The van der Waals surface area contributed by atoms with E-state index < -0.39 is 0 Å². The van der Waals surface area contributed by atoms with Crippen molar-refractivity contribution in [1.29, 1.82) is 0 Å². The van der Waals surface area contributed by atoms with Gasteiger partial charge in [-0.25, -0.2) is 0 Å². The van der Waals surface area contributed by atoms with E-state index in [2.05, 4.69) is 5.32 Å². The zero-order valence-corrected chi connectivity index (χ0v) is 14.3. The van der Waals surface area contributed by atoms with Gasteiger partial charge in [-0.1, -0.05) is 36.4 Å². The second-order valence-corrected chi connectivity index (χ2v) is 6.81. The van der Waals surface area contributed by atoms with Crippen LogP contribution in [0.25, 0.3) is 10.4 Å². The molecule has 0 radical (unpaired) electrons. The molecule has 1 aromatic heterocycles. The molecule has 0 bridgehead atoms. The van der Waals surface area contributed by atoms with Crippen LogP contribution in [0.1, 0.15) is 15.2 Å². The highest BCUT2D eigenvalue weighted by Gasteiger charge is 2.13. The van der Waals surface area contributed by atoms with Crippen LogP contribution in [0.5, 0.6) is 11.5 Å². The summed E-state index contributed by atoms with van der Waals surface area (Å²) in [7, 11) is 0. The maximum absolute atomic E-state index is 12.3. The Morgan fingerprint density at radius 2 is 1.84 bits per heavy atom. The van der Waals surface area contributed by atoms with Crippen molar-refractivity contribution in [2.45, 2.75) is 6.42 Å². The highest BCUT2D eigenvalue weighted by molar-refractivity contribution is 7.17. The van der Waals surface area contributed by atoms with Gasteiger partial charge in [-0.15, -0.1) is 11.3 Å². The minimum absolute atomic E-state index is 0.0343. The molecule has 4 nitrogen and oxygen atoms in total. The standard InChI is InChI=1S/C20H17NO3S/c22-20(19-9-8-18(25-19)15-4-2-1-3-5-15)21-11-10-14-6-7-16-17(12-14)24-13-23-16/h1-9,12H,10-11,13H2,(H,21,22). The average molecular weight is 351 g/mol. The van der Waals surface area contributed by atoms with Gasteiger partial charge in [-0.05, 0) is 41.8 Å². The second kappa shape index (κ2) is 6.99. The molecule has 0 spiro atoms. The number of fused-ring (bicyclic) bond motifs is 1. The van der Waals surface area contributed by atoms with Crippen LogP contribution in [0.15, 0.2) is 60.7 Å². The predicted octanol–water partition coefficient (Wildman–Crippen LogP) is 4.12. The fourth-order valence-electron chi connectivity index (χ4n) is 2.72. The SMILES string of the molecule is O=C(NCCc1ccc2c(c1)OCO2)c1ccc(-c2ccccc2)s1. The molecule has 0 saturated carbocycles. The van der Waals surface area contributed by atoms with E-state index in [9.17, 15) is 4.79 Å². The fourth-order valence-corrected chi connectivity index (χ4v) is 3.65. The maximum Gasteiger partial charge on any atom is 0.261 e. The Kier molecular flexibility index (Phi) is 4.39. The third-order valence-electron chi connectivity index (χ3n) is 4.02. The summed E-state index contributed by atoms with van der Waals surface area (Å²) in [5, 5.41) is 2.98. The molecule has 1 amide bonds. The van der Waals surface area contributed by atoms with Crippen LogP contribution in [-0.4, -0.2) is 19.2 Å². The summed E-state index contributed by atoms with van der Waals surface area (Å²) in [4.78, 5) is 14.1. The first-order valence-corrected chi connectivity index (χ1v) is 8.93. The van der Waals surface area contributed by atoms with Crippen LogP contribution in [0.2, 0.25) is 0 Å². The van der Waals surface area contributed by atoms with Gasteiger partial charge in [-0.2, -0.15) is 0 Å². The van der Waals surface area contributed by atoms with E-state index in [-0.39, 0.29) is 12.7 Å². The van der Waals surface area contributed by atoms with Gasteiger partial charge in [0.25, 0.3) is 5.91 Å². The van der Waals surface area contributed by atoms with E-state index in [0.29, 0.717) is 6.54 Å². The quantitative estimate of drug-likeness (QED) is 0.752. The predicted molar refractivity (Wildman–Crippen MR) is 98.4 cm³/mol. The fraction of sp³-hybridized carbons (Fsp3) is 0.150. The van der Waals surface area contributed by atoms with Crippen LogP contribution in [-0.2, 0) is 6.42 Å². The van der Waals surface area contributed by atoms with Gasteiger partial charge in [0, 0.05) is 11.4 Å². The smallest absolute Gasteiger partial charge is 0.261 e. The summed E-state index contributed by atoms with van der Waals surface area (Å²) >= 11 is 1.51. The topological polar surface area (TPSA) is 47.6 Å². The Labute approximate surface area is 150 Å². The van der Waals surface area contributed by atoms with Crippen LogP contribution >= 0.6 is 11.3 Å². The van der Waals surface area contributed by atoms with Crippen molar-refractivity contribution in [2.24, 2.45) is 0 Å². The van der Waals surface area contributed by atoms with Gasteiger partial charge in [0.15, 0.2) is 11.5 Å². The number of thiophene rings is 1. The molecular weight excluding hydrogens is 334 g/mol. The van der Waals surface area contributed by atoms with Crippen molar-refractivity contribution in [1.82, 2.24) is 5.32 Å². The second-order valence-electron chi connectivity index (χ2n) is 5.72. The van der Waals surface area contributed by atoms with Crippen molar-refractivity contribution in [3.63, 3.8) is 0 Å². The van der Waals surface area contributed by atoms with Gasteiger partial charge in [0.05, 0.1) is 4.88 Å². The Morgan fingerprint density at radius 3 is 2.72 bits per heavy atom. The minimum Gasteiger partial charge on any atom is -0.454 e. The number of amides is 1. The zero-order chi connectivity index (χ0) is 17.1. The lowest BCUT2D eigenvalue weighted by Gasteiger charge is -2.05. The molecule has 2 aromatic carbocycles. The van der Waals surface area contributed by atoms with E-state index >= 15 is 0 Å². The lowest BCUT2D eigenvalue weighted by Crippen LogP contribution is -2.24. The summed E-state index contributed by atoms with van der Waals surface area (Å²) in [5.41, 5.74) is 2.24. The van der Waals surface area contributed by atoms with Crippen LogP contribution in [0, 0.1) is 0 Å². The van der Waals surface area contributed by atoms with Crippen molar-refractivity contribution in [2.75, 3.05) is 13.3 Å². The molecule has 1 N–H and O–H groups in total. The average Bonchev–Trinajstić information content (AvgIpc) is 3.31. The van der Waals surface area contributed by atoms with E-state index in [1.807, 2.05) is 60.7 Å². The third-order valence-corrected chi connectivity index (χ3v) is 5.16. The molecule has 3 aromatic rings. The van der Waals surface area contributed by atoms with Crippen LogP contribution < -0.4 is 14.8 Å². The Hall–Kier alpha value is -2.79. The van der Waals surface area contributed by atoms with Crippen molar-refractivity contribution >= 4 is 17.2 Å². The highest BCUT2D eigenvalue weighted by Crippen LogP contribution is 2.32. The first kappa shape index (κ1) is 15.7. The van der Waals surface area contributed by atoms with Crippen LogP contribution in [0.4, 0.5) is 0 Å². The molecule has 1 aliphatic rings. The Balaban J connectivity index is 1.34. The van der Waals surface area contributed by atoms with Gasteiger partial charge < -0.3 is 14.8 Å². The van der Waals surface area contributed by atoms with E-state index in [1.54, 1.807) is 0 Å². The van der Waals surface area contributed by atoms with Crippen LogP contribution in [0.3, 0.4) is 0 Å². The molecule has 126 valence electrons. The van der Waals surface area contributed by atoms with E-state index in [1.165, 1.54) is 11.3 Å². The van der Waals surface area contributed by atoms with Crippen molar-refractivity contribution in [3.8, 4) is 21.9 Å². The number of hydrogen-bond acceptors (Lipinski definition) is 4. The normalized spacial score (nSPS) is 12.2. The zero-order valence-electron chi connectivity index (χ0n) is 13.5. The number of carbonyl (C=O) groups excluding carboxylic acids is 1. The molecule has 0 unspecified atom stereocenters. The number of ether oxygens (including phenoxy) is 2. The molecular formula is C20H17NO3S. The summed E-state index contributed by atoms with van der Waals surface area (Å²) < 4.78 is 10.7. The first-order valence-electron chi connectivity index (χ1n) is 8.11. The summed E-state index contributed by atoms with van der Waals surface area (Å²) in [6.07, 6.45) is 0.749. The van der Waals surface area contributed by atoms with Gasteiger partial charge in [0.1, 0.15) is 0 Å². The number of hydrogen-bond donors (Lipinski definition) is 1. The number of rotatable bonds is 5. The Morgan fingerprint density at radius 1 is 1.00 bits per heavy atom. The highest BCUT2D eigenvalue weighted by atomic mass is 32.1. The Bertz CT molecular complexity index is 889. The van der Waals surface area contributed by atoms with Gasteiger partial charge in [0.2, 0.25) is 6.79 Å². The monoisotopic (exact) mass is 351 g/mol. The molecule has 2 heterocycles. The van der Waals surface area contributed by atoms with Crippen molar-refractivity contribution in [3.05, 3.63) is 71.1 Å². The van der Waals surface area contributed by atoms with E-state index in [0.717, 1.165) is 38.8 Å². The molecule has 0 aliphatic carbocycles. The molecule has 0 fully saturated rings. The minimum atomic E-state index is -0.0343. The summed E-state index contributed by atoms with van der Waals surface area (Å²) in [5.74, 6) is 1.52. The number of benzene rings is 2. The van der Waals surface area contributed by atoms with Gasteiger partial charge >= 0.3 is 0 Å². The number of carbonyl (C=O) groups is 1. The lowest BCUT2D eigenvalue weighted by molar-refractivity contribution is 0.0958. The summed E-state index contributed by atoms with van der Waals surface area (Å²) in [6.45, 7) is 0.856. The molecule has 1 aliphatic heterocycles. The maximum atomic E-state index is 12.3. The summed E-state index contributed by atoms with van der Waals surface area (Å²) in [6, 6.07) is 19.8. The van der Waals surface area contributed by atoms with Crippen molar-refractivity contribution < 1.29 is 14.3 Å². The molecule has 25 heavy (non-hydrogen) atoms.